The van der Waals surface area contributed by atoms with Crippen LogP contribution in [0.1, 0.15) is 18.9 Å². The van der Waals surface area contributed by atoms with Gasteiger partial charge in [0.1, 0.15) is 0 Å². The maximum Gasteiger partial charge on any atom is 0.224 e. The average Bonchev–Trinajstić information content (AvgIpc) is 2.62. The molecule has 0 spiro atoms. The van der Waals surface area contributed by atoms with E-state index >= 15 is 0 Å². The molecule has 0 aliphatic carbocycles. The standard InChI is InChI=1S/C20H26N2O3S/c1-3-22(26(2,24)25)15-7-14-21-20(23)16-17-10-12-19(13-11-17)18-8-5-4-6-9-18/h4-6,8-13H,3,7,14-16H2,1-2H3,(H,21,23). The number of nitrogens with zero attached hydrogens (tertiary/aromatic N) is 1. The largest absolute Gasteiger partial charge is 0.356 e. The van der Waals surface area contributed by atoms with E-state index in [0.29, 0.717) is 32.5 Å². The lowest BCUT2D eigenvalue weighted by Gasteiger charge is -2.17. The smallest absolute Gasteiger partial charge is 0.224 e. The van der Waals surface area contributed by atoms with Gasteiger partial charge in [0.05, 0.1) is 12.7 Å². The third-order valence-corrected chi connectivity index (χ3v) is 5.53. The quantitative estimate of drug-likeness (QED) is 0.686. The number of sulfonamides is 1. The second-order valence-corrected chi connectivity index (χ2v) is 8.18. The molecule has 0 fully saturated rings. The summed E-state index contributed by atoms with van der Waals surface area (Å²) < 4.78 is 24.4. The van der Waals surface area contributed by atoms with Gasteiger partial charge in [-0.05, 0) is 23.1 Å². The SMILES string of the molecule is CCN(CCCNC(=O)Cc1ccc(-c2ccccc2)cc1)S(C)(=O)=O. The van der Waals surface area contributed by atoms with Crippen LogP contribution in [0.4, 0.5) is 0 Å². The normalized spacial score (nSPS) is 11.5. The van der Waals surface area contributed by atoms with E-state index in [2.05, 4.69) is 17.4 Å². The van der Waals surface area contributed by atoms with Crippen LogP contribution in [0.15, 0.2) is 54.6 Å². The van der Waals surface area contributed by atoms with Crippen LogP contribution in [-0.2, 0) is 21.2 Å². The fourth-order valence-corrected chi connectivity index (χ4v) is 3.66. The molecular formula is C20H26N2O3S. The lowest BCUT2D eigenvalue weighted by Crippen LogP contribution is -2.33. The monoisotopic (exact) mass is 374 g/mol. The number of rotatable bonds is 9. The predicted octanol–water partition coefficient (Wildman–Crippen LogP) is 2.68. The summed E-state index contributed by atoms with van der Waals surface area (Å²) in [6, 6.07) is 18.1. The van der Waals surface area contributed by atoms with Crippen molar-refractivity contribution in [3.8, 4) is 11.1 Å². The van der Waals surface area contributed by atoms with Crippen molar-refractivity contribution in [2.45, 2.75) is 19.8 Å². The Morgan fingerprint density at radius 1 is 1.00 bits per heavy atom. The van der Waals surface area contributed by atoms with E-state index in [9.17, 15) is 13.2 Å². The van der Waals surface area contributed by atoms with Gasteiger partial charge in [0.15, 0.2) is 0 Å². The summed E-state index contributed by atoms with van der Waals surface area (Å²) in [5.41, 5.74) is 3.22. The van der Waals surface area contributed by atoms with Crippen molar-refractivity contribution in [3.05, 3.63) is 60.2 Å². The Kier molecular flexibility index (Phi) is 7.36. The zero-order valence-corrected chi connectivity index (χ0v) is 16.1. The zero-order valence-electron chi connectivity index (χ0n) is 15.3. The maximum atomic E-state index is 12.0. The third-order valence-electron chi connectivity index (χ3n) is 4.15. The van der Waals surface area contributed by atoms with Gasteiger partial charge in [-0.3, -0.25) is 4.79 Å². The molecule has 1 amide bonds. The molecule has 26 heavy (non-hydrogen) atoms. The Labute approximate surface area is 156 Å². The van der Waals surface area contributed by atoms with Crippen molar-refractivity contribution in [3.63, 3.8) is 0 Å². The van der Waals surface area contributed by atoms with Crippen molar-refractivity contribution in [1.82, 2.24) is 9.62 Å². The number of benzene rings is 2. The first-order chi connectivity index (χ1) is 12.4. The lowest BCUT2D eigenvalue weighted by atomic mass is 10.0. The summed E-state index contributed by atoms with van der Waals surface area (Å²) in [6.07, 6.45) is 2.12. The highest BCUT2D eigenvalue weighted by atomic mass is 32.2. The first-order valence-corrected chi connectivity index (χ1v) is 10.6. The molecule has 0 aromatic heterocycles. The Hall–Kier alpha value is -2.18. The minimum absolute atomic E-state index is 0.0557. The summed E-state index contributed by atoms with van der Waals surface area (Å²) in [5, 5.41) is 2.85. The number of hydrogen-bond acceptors (Lipinski definition) is 3. The van der Waals surface area contributed by atoms with Crippen molar-refractivity contribution in [2.24, 2.45) is 0 Å². The van der Waals surface area contributed by atoms with Gasteiger partial charge in [-0.2, -0.15) is 0 Å². The van der Waals surface area contributed by atoms with Crippen molar-refractivity contribution in [1.29, 1.82) is 0 Å². The Morgan fingerprint density at radius 3 is 2.19 bits per heavy atom. The molecule has 0 unspecified atom stereocenters. The first kappa shape index (κ1) is 20.1. The van der Waals surface area contributed by atoms with Crippen LogP contribution in [0.3, 0.4) is 0 Å². The highest BCUT2D eigenvalue weighted by Gasteiger charge is 2.13. The van der Waals surface area contributed by atoms with Crippen LogP contribution in [0.5, 0.6) is 0 Å². The van der Waals surface area contributed by atoms with Crippen LogP contribution in [-0.4, -0.2) is 44.5 Å². The van der Waals surface area contributed by atoms with E-state index in [0.717, 1.165) is 16.7 Å². The summed E-state index contributed by atoms with van der Waals surface area (Å²) in [5.74, 6) is -0.0557. The van der Waals surface area contributed by atoms with Crippen molar-refractivity contribution >= 4 is 15.9 Å². The number of hydrogen-bond donors (Lipinski definition) is 1. The second-order valence-electron chi connectivity index (χ2n) is 6.20. The highest BCUT2D eigenvalue weighted by molar-refractivity contribution is 7.88. The minimum atomic E-state index is -3.17. The zero-order chi connectivity index (χ0) is 19.0. The highest BCUT2D eigenvalue weighted by Crippen LogP contribution is 2.19. The van der Waals surface area contributed by atoms with Gasteiger partial charge >= 0.3 is 0 Å². The molecule has 6 heteroatoms. The molecular weight excluding hydrogens is 348 g/mol. The fraction of sp³-hybridized carbons (Fsp3) is 0.350. The van der Waals surface area contributed by atoms with Gasteiger partial charge in [-0.15, -0.1) is 0 Å². The molecule has 0 saturated heterocycles. The molecule has 2 aromatic rings. The van der Waals surface area contributed by atoms with Crippen LogP contribution in [0.2, 0.25) is 0 Å². The predicted molar refractivity (Wildman–Crippen MR) is 105 cm³/mol. The topological polar surface area (TPSA) is 66.5 Å². The third kappa shape index (κ3) is 6.28. The molecule has 5 nitrogen and oxygen atoms in total. The molecule has 2 rings (SSSR count). The van der Waals surface area contributed by atoms with Gasteiger partial charge < -0.3 is 5.32 Å². The molecule has 0 aliphatic rings. The number of amides is 1. The van der Waals surface area contributed by atoms with Gasteiger partial charge in [0.2, 0.25) is 15.9 Å². The van der Waals surface area contributed by atoms with Gasteiger partial charge in [0.25, 0.3) is 0 Å². The van der Waals surface area contributed by atoms with E-state index in [1.54, 1.807) is 6.92 Å². The van der Waals surface area contributed by atoms with Crippen LogP contribution >= 0.6 is 0 Å². The summed E-state index contributed by atoms with van der Waals surface area (Å²) in [6.45, 7) is 3.13. The van der Waals surface area contributed by atoms with E-state index < -0.39 is 10.0 Å². The number of carbonyl (C=O) groups is 1. The molecule has 0 atom stereocenters. The van der Waals surface area contributed by atoms with E-state index in [1.807, 2.05) is 42.5 Å². The molecule has 0 aliphatic heterocycles. The molecule has 1 N–H and O–H groups in total. The lowest BCUT2D eigenvalue weighted by molar-refractivity contribution is -0.120. The fourth-order valence-electron chi connectivity index (χ4n) is 2.74. The van der Waals surface area contributed by atoms with Crippen LogP contribution in [0, 0.1) is 0 Å². The molecule has 0 saturated carbocycles. The van der Waals surface area contributed by atoms with E-state index in [1.165, 1.54) is 10.6 Å². The molecule has 0 heterocycles. The number of carbonyl (C=O) groups excluding carboxylic acids is 1. The van der Waals surface area contributed by atoms with Crippen molar-refractivity contribution in [2.75, 3.05) is 25.9 Å². The Balaban J connectivity index is 1.78. The number of nitrogens with one attached hydrogen (secondary N) is 1. The molecule has 0 bridgehead atoms. The summed E-state index contributed by atoms with van der Waals surface area (Å²) >= 11 is 0. The molecule has 0 radical (unpaired) electrons. The molecule has 140 valence electrons. The van der Waals surface area contributed by atoms with Gasteiger partial charge in [0, 0.05) is 19.6 Å². The maximum absolute atomic E-state index is 12.0. The molecule has 2 aromatic carbocycles. The summed E-state index contributed by atoms with van der Waals surface area (Å²) in [4.78, 5) is 12.0. The average molecular weight is 375 g/mol. The van der Waals surface area contributed by atoms with E-state index in [-0.39, 0.29) is 5.91 Å². The Bertz CT molecular complexity index is 803. The second kappa shape index (κ2) is 9.50. The first-order valence-electron chi connectivity index (χ1n) is 8.76. The van der Waals surface area contributed by atoms with Gasteiger partial charge in [-0.25, -0.2) is 12.7 Å². The van der Waals surface area contributed by atoms with Crippen LogP contribution < -0.4 is 5.32 Å². The summed E-state index contributed by atoms with van der Waals surface area (Å²) in [7, 11) is -3.17. The van der Waals surface area contributed by atoms with Crippen LogP contribution in [0.25, 0.3) is 11.1 Å². The van der Waals surface area contributed by atoms with Crippen molar-refractivity contribution < 1.29 is 13.2 Å². The van der Waals surface area contributed by atoms with E-state index in [4.69, 9.17) is 0 Å². The Morgan fingerprint density at radius 2 is 1.62 bits per heavy atom. The van der Waals surface area contributed by atoms with Gasteiger partial charge in [-0.1, -0.05) is 61.5 Å². The minimum Gasteiger partial charge on any atom is -0.356 e.